The van der Waals surface area contributed by atoms with Gasteiger partial charge in [0, 0.05) is 10.2 Å². The Kier molecular flexibility index (Phi) is 7.48. The fourth-order valence-electron chi connectivity index (χ4n) is 1.73. The van der Waals surface area contributed by atoms with E-state index in [0.29, 0.717) is 5.75 Å². The molecule has 0 spiro atoms. The molecule has 2 aromatic rings. The quantitative estimate of drug-likeness (QED) is 0.441. The SMILES string of the molecule is COc1ccc(NC(=S)NNC(=O)COc2ccc(Br)cc2Br)cc1. The number of hydrazine groups is 1. The first-order valence-electron chi connectivity index (χ1n) is 7.05. The van der Waals surface area contributed by atoms with E-state index >= 15 is 0 Å². The lowest BCUT2D eigenvalue weighted by atomic mass is 10.3. The van der Waals surface area contributed by atoms with Crippen molar-refractivity contribution in [2.75, 3.05) is 19.0 Å². The minimum atomic E-state index is -0.367. The number of hydrogen-bond acceptors (Lipinski definition) is 4. The average molecular weight is 489 g/mol. The van der Waals surface area contributed by atoms with E-state index in [1.807, 2.05) is 24.3 Å². The molecule has 0 aliphatic heterocycles. The third-order valence-corrected chi connectivity index (χ3v) is 4.23. The third kappa shape index (κ3) is 6.52. The number of benzene rings is 2. The molecule has 3 N–H and O–H groups in total. The first-order chi connectivity index (χ1) is 12.0. The monoisotopic (exact) mass is 487 g/mol. The van der Waals surface area contributed by atoms with Gasteiger partial charge in [-0.2, -0.15) is 0 Å². The lowest BCUT2D eigenvalue weighted by Gasteiger charge is -2.13. The summed E-state index contributed by atoms with van der Waals surface area (Å²) in [7, 11) is 1.60. The number of anilines is 1. The molecule has 0 aliphatic rings. The van der Waals surface area contributed by atoms with Crippen LogP contribution in [0.5, 0.6) is 11.5 Å². The molecule has 0 saturated heterocycles. The third-order valence-electron chi connectivity index (χ3n) is 2.92. The van der Waals surface area contributed by atoms with Gasteiger partial charge < -0.3 is 14.8 Å². The average Bonchev–Trinajstić information content (AvgIpc) is 2.60. The van der Waals surface area contributed by atoms with Crippen LogP contribution in [0.15, 0.2) is 51.4 Å². The molecule has 0 radical (unpaired) electrons. The van der Waals surface area contributed by atoms with E-state index < -0.39 is 0 Å². The molecule has 0 atom stereocenters. The van der Waals surface area contributed by atoms with E-state index in [1.165, 1.54) is 0 Å². The Morgan fingerprint density at radius 2 is 1.84 bits per heavy atom. The number of thiocarbonyl (C=S) groups is 1. The van der Waals surface area contributed by atoms with E-state index in [0.717, 1.165) is 20.4 Å². The summed E-state index contributed by atoms with van der Waals surface area (Å²) in [5, 5.41) is 3.19. The minimum absolute atomic E-state index is 0.154. The van der Waals surface area contributed by atoms with Gasteiger partial charge in [0.1, 0.15) is 11.5 Å². The van der Waals surface area contributed by atoms with Gasteiger partial charge in [0.2, 0.25) is 0 Å². The molecule has 2 rings (SSSR count). The number of halogens is 2. The molecule has 6 nitrogen and oxygen atoms in total. The van der Waals surface area contributed by atoms with E-state index in [4.69, 9.17) is 21.7 Å². The maximum atomic E-state index is 11.8. The Hall–Kier alpha value is -1.84. The first-order valence-corrected chi connectivity index (χ1v) is 9.05. The molecule has 0 unspecified atom stereocenters. The molecular formula is C16H15Br2N3O3S. The zero-order valence-electron chi connectivity index (χ0n) is 13.1. The highest BCUT2D eigenvalue weighted by Crippen LogP contribution is 2.28. The van der Waals surface area contributed by atoms with Crippen molar-refractivity contribution in [3.8, 4) is 11.5 Å². The Balaban J connectivity index is 1.74. The molecule has 9 heteroatoms. The second-order valence-electron chi connectivity index (χ2n) is 4.72. The zero-order chi connectivity index (χ0) is 18.2. The molecular weight excluding hydrogens is 474 g/mol. The number of carbonyl (C=O) groups excluding carboxylic acids is 1. The van der Waals surface area contributed by atoms with Crippen LogP contribution in [-0.4, -0.2) is 24.7 Å². The van der Waals surface area contributed by atoms with Crippen LogP contribution < -0.4 is 25.6 Å². The zero-order valence-corrected chi connectivity index (χ0v) is 17.1. The van der Waals surface area contributed by atoms with Crippen molar-refractivity contribution in [2.45, 2.75) is 0 Å². The molecule has 1 amide bonds. The van der Waals surface area contributed by atoms with E-state index in [2.05, 4.69) is 48.0 Å². The largest absolute Gasteiger partial charge is 0.497 e. The van der Waals surface area contributed by atoms with Crippen molar-refractivity contribution in [1.29, 1.82) is 0 Å². The van der Waals surface area contributed by atoms with Gasteiger partial charge in [0.05, 0.1) is 11.6 Å². The topological polar surface area (TPSA) is 71.6 Å². The number of amides is 1. The lowest BCUT2D eigenvalue weighted by molar-refractivity contribution is -0.123. The molecule has 0 bridgehead atoms. The van der Waals surface area contributed by atoms with Gasteiger partial charge in [0.25, 0.3) is 5.91 Å². The van der Waals surface area contributed by atoms with Gasteiger partial charge in [0.15, 0.2) is 11.7 Å². The summed E-state index contributed by atoms with van der Waals surface area (Å²) < 4.78 is 12.2. The predicted octanol–water partition coefficient (Wildman–Crippen LogP) is 3.62. The summed E-state index contributed by atoms with van der Waals surface area (Å²) in [4.78, 5) is 11.8. The smallest absolute Gasteiger partial charge is 0.276 e. The second kappa shape index (κ2) is 9.59. The van der Waals surface area contributed by atoms with Crippen LogP contribution in [0, 0.1) is 0 Å². The number of carbonyl (C=O) groups is 1. The molecule has 0 aliphatic carbocycles. The Morgan fingerprint density at radius 1 is 1.12 bits per heavy atom. The van der Waals surface area contributed by atoms with Crippen molar-refractivity contribution in [2.24, 2.45) is 0 Å². The van der Waals surface area contributed by atoms with Crippen molar-refractivity contribution >= 4 is 60.8 Å². The Labute approximate surface area is 167 Å². The molecule has 0 heterocycles. The molecule has 2 aromatic carbocycles. The summed E-state index contributed by atoms with van der Waals surface area (Å²) in [6.07, 6.45) is 0. The summed E-state index contributed by atoms with van der Waals surface area (Å²) in [6, 6.07) is 12.6. The van der Waals surface area contributed by atoms with Crippen molar-refractivity contribution in [1.82, 2.24) is 10.9 Å². The van der Waals surface area contributed by atoms with Crippen LogP contribution in [0.2, 0.25) is 0 Å². The predicted molar refractivity (Wildman–Crippen MR) is 108 cm³/mol. The van der Waals surface area contributed by atoms with Crippen molar-refractivity contribution < 1.29 is 14.3 Å². The van der Waals surface area contributed by atoms with E-state index in [9.17, 15) is 4.79 Å². The summed E-state index contributed by atoms with van der Waals surface area (Å²) in [5.41, 5.74) is 5.84. The van der Waals surface area contributed by atoms with Gasteiger partial charge in [-0.1, -0.05) is 15.9 Å². The number of rotatable bonds is 5. The van der Waals surface area contributed by atoms with Crippen LogP contribution in [0.1, 0.15) is 0 Å². The minimum Gasteiger partial charge on any atom is -0.497 e. The first kappa shape index (κ1) is 19.5. The highest BCUT2D eigenvalue weighted by molar-refractivity contribution is 9.11. The Bertz CT molecular complexity index is 757. The number of nitrogens with one attached hydrogen (secondary N) is 3. The van der Waals surface area contributed by atoms with Crippen LogP contribution >= 0.6 is 44.1 Å². The Morgan fingerprint density at radius 3 is 2.48 bits per heavy atom. The van der Waals surface area contributed by atoms with E-state index in [-0.39, 0.29) is 17.6 Å². The highest BCUT2D eigenvalue weighted by atomic mass is 79.9. The maximum Gasteiger partial charge on any atom is 0.276 e. The van der Waals surface area contributed by atoms with Gasteiger partial charge in [-0.25, -0.2) is 0 Å². The highest BCUT2D eigenvalue weighted by Gasteiger charge is 2.07. The lowest BCUT2D eigenvalue weighted by Crippen LogP contribution is -2.45. The maximum absolute atomic E-state index is 11.8. The molecule has 0 saturated carbocycles. The van der Waals surface area contributed by atoms with Gasteiger partial charge >= 0.3 is 0 Å². The fraction of sp³-hybridized carbons (Fsp3) is 0.125. The van der Waals surface area contributed by atoms with Crippen LogP contribution in [0.25, 0.3) is 0 Å². The van der Waals surface area contributed by atoms with Crippen LogP contribution in [-0.2, 0) is 4.79 Å². The van der Waals surface area contributed by atoms with Gasteiger partial charge in [-0.05, 0) is 70.6 Å². The van der Waals surface area contributed by atoms with Crippen LogP contribution in [0.4, 0.5) is 5.69 Å². The van der Waals surface area contributed by atoms with Crippen LogP contribution in [0.3, 0.4) is 0 Å². The molecule has 0 aromatic heterocycles. The summed E-state index contributed by atoms with van der Waals surface area (Å²) in [6.45, 7) is -0.154. The van der Waals surface area contributed by atoms with Crippen molar-refractivity contribution in [3.05, 3.63) is 51.4 Å². The number of hydrogen-bond donors (Lipinski definition) is 3. The summed E-state index contributed by atoms with van der Waals surface area (Å²) >= 11 is 11.8. The molecule has 25 heavy (non-hydrogen) atoms. The van der Waals surface area contributed by atoms with E-state index in [1.54, 1.807) is 25.3 Å². The van der Waals surface area contributed by atoms with Gasteiger partial charge in [-0.3, -0.25) is 15.6 Å². The standard InChI is InChI=1S/C16H15Br2N3O3S/c1-23-12-5-3-11(4-6-12)19-16(25)21-20-15(22)9-24-14-7-2-10(17)8-13(14)18/h2-8H,9H2,1H3,(H,20,22)(H2,19,21,25). The normalized spacial score (nSPS) is 9.88. The number of methoxy groups -OCH3 is 1. The fourth-order valence-corrected chi connectivity index (χ4v) is 3.07. The second-order valence-corrected chi connectivity index (χ2v) is 6.90. The molecule has 132 valence electrons. The molecule has 0 fully saturated rings. The summed E-state index contributed by atoms with van der Waals surface area (Å²) in [5.74, 6) is 0.944. The van der Waals surface area contributed by atoms with Crippen molar-refractivity contribution in [3.63, 3.8) is 0 Å². The number of ether oxygens (including phenoxy) is 2. The van der Waals surface area contributed by atoms with Gasteiger partial charge in [-0.15, -0.1) is 0 Å².